The van der Waals surface area contributed by atoms with Gasteiger partial charge in [0.25, 0.3) is 0 Å². The molecule has 0 saturated carbocycles. The molecule has 1 saturated heterocycles. The van der Waals surface area contributed by atoms with Crippen molar-refractivity contribution >= 4 is 5.69 Å². The van der Waals surface area contributed by atoms with Crippen LogP contribution in [0.1, 0.15) is 43.4 Å². The molecule has 2 nitrogen and oxygen atoms in total. The van der Waals surface area contributed by atoms with E-state index in [0.29, 0.717) is 12.3 Å². The van der Waals surface area contributed by atoms with Crippen molar-refractivity contribution in [3.8, 4) is 6.07 Å². The molecule has 0 spiro atoms. The highest BCUT2D eigenvalue weighted by molar-refractivity contribution is 5.62. The molecule has 1 aliphatic rings. The molecule has 1 fully saturated rings. The molecule has 0 bridgehead atoms. The van der Waals surface area contributed by atoms with Gasteiger partial charge >= 0.3 is 0 Å². The molecule has 2 rings (SSSR count). The predicted molar refractivity (Wildman–Crippen MR) is 80.4 cm³/mol. The fourth-order valence-electron chi connectivity index (χ4n) is 3.64. The first kappa shape index (κ1) is 13.9. The lowest BCUT2D eigenvalue weighted by molar-refractivity contribution is 0.475. The normalized spacial score (nSPS) is 21.5. The van der Waals surface area contributed by atoms with Crippen LogP contribution in [0, 0.1) is 38.0 Å². The number of hydrogen-bond donors (Lipinski definition) is 0. The molecule has 1 aromatic carbocycles. The standard InChI is InChI=1S/C17H24N2/c1-12-8-13(2)16(14(3)9-12)19-11-15(6-7-18)10-17(19,4)5/h8-9,15H,6,10-11H2,1-5H3. The van der Waals surface area contributed by atoms with Crippen LogP contribution in [-0.4, -0.2) is 12.1 Å². The summed E-state index contributed by atoms with van der Waals surface area (Å²) in [6.07, 6.45) is 1.78. The number of rotatable bonds is 2. The van der Waals surface area contributed by atoms with Crippen LogP contribution < -0.4 is 4.90 Å². The van der Waals surface area contributed by atoms with Gasteiger partial charge in [-0.25, -0.2) is 0 Å². The topological polar surface area (TPSA) is 27.0 Å². The third kappa shape index (κ3) is 2.61. The first-order valence-electron chi connectivity index (χ1n) is 7.07. The zero-order valence-corrected chi connectivity index (χ0v) is 12.7. The molecule has 1 aromatic rings. The summed E-state index contributed by atoms with van der Waals surface area (Å²) in [5, 5.41) is 8.93. The summed E-state index contributed by atoms with van der Waals surface area (Å²) in [5.41, 5.74) is 5.54. The lowest BCUT2D eigenvalue weighted by atomic mass is 9.94. The summed E-state index contributed by atoms with van der Waals surface area (Å²) < 4.78 is 0. The van der Waals surface area contributed by atoms with Gasteiger partial charge in [-0.15, -0.1) is 0 Å². The van der Waals surface area contributed by atoms with Gasteiger partial charge in [-0.1, -0.05) is 17.7 Å². The lowest BCUT2D eigenvalue weighted by Crippen LogP contribution is -2.39. The van der Waals surface area contributed by atoms with Crippen molar-refractivity contribution in [2.45, 2.75) is 53.0 Å². The second-order valence-corrected chi connectivity index (χ2v) is 6.60. The van der Waals surface area contributed by atoms with Crippen molar-refractivity contribution < 1.29 is 0 Å². The maximum atomic E-state index is 8.93. The minimum Gasteiger partial charge on any atom is -0.366 e. The molecule has 1 aliphatic heterocycles. The molecule has 2 heteroatoms. The molecule has 1 atom stereocenters. The van der Waals surface area contributed by atoms with Gasteiger partial charge in [0.05, 0.1) is 6.07 Å². The van der Waals surface area contributed by atoms with Crippen molar-refractivity contribution in [3.63, 3.8) is 0 Å². The van der Waals surface area contributed by atoms with E-state index in [1.165, 1.54) is 22.4 Å². The Kier molecular flexibility index (Phi) is 3.58. The molecule has 0 aromatic heterocycles. The van der Waals surface area contributed by atoms with E-state index in [-0.39, 0.29) is 5.54 Å². The molecule has 0 N–H and O–H groups in total. The molecule has 1 heterocycles. The fraction of sp³-hybridized carbons (Fsp3) is 0.588. The van der Waals surface area contributed by atoms with E-state index in [1.807, 2.05) is 0 Å². The average Bonchev–Trinajstić information content (AvgIpc) is 2.53. The minimum atomic E-state index is 0.145. The van der Waals surface area contributed by atoms with E-state index in [0.717, 1.165) is 13.0 Å². The molecule has 0 amide bonds. The third-order valence-electron chi connectivity index (χ3n) is 4.24. The predicted octanol–water partition coefficient (Wildman–Crippen LogP) is 4.13. The van der Waals surface area contributed by atoms with Crippen molar-refractivity contribution in [2.75, 3.05) is 11.4 Å². The maximum absolute atomic E-state index is 8.93. The van der Waals surface area contributed by atoms with Gasteiger partial charge in [-0.05, 0) is 58.1 Å². The van der Waals surface area contributed by atoms with E-state index < -0.39 is 0 Å². The first-order chi connectivity index (χ1) is 8.85. The fourth-order valence-corrected chi connectivity index (χ4v) is 3.64. The maximum Gasteiger partial charge on any atom is 0.0625 e. The SMILES string of the molecule is Cc1cc(C)c(N2CC(CC#N)CC2(C)C)c(C)c1. The summed E-state index contributed by atoms with van der Waals surface area (Å²) >= 11 is 0. The van der Waals surface area contributed by atoms with Crippen LogP contribution in [0.2, 0.25) is 0 Å². The Morgan fingerprint density at radius 2 is 1.84 bits per heavy atom. The molecule has 0 aliphatic carbocycles. The van der Waals surface area contributed by atoms with Crippen molar-refractivity contribution in [3.05, 3.63) is 28.8 Å². The first-order valence-corrected chi connectivity index (χ1v) is 7.07. The van der Waals surface area contributed by atoms with Crippen LogP contribution >= 0.6 is 0 Å². The summed E-state index contributed by atoms with van der Waals surface area (Å²) in [6, 6.07) is 6.85. The summed E-state index contributed by atoms with van der Waals surface area (Å²) in [4.78, 5) is 2.51. The zero-order chi connectivity index (χ0) is 14.2. The molecule has 102 valence electrons. The highest BCUT2D eigenvalue weighted by atomic mass is 15.2. The molecule has 19 heavy (non-hydrogen) atoms. The quantitative estimate of drug-likeness (QED) is 0.795. The summed E-state index contributed by atoms with van der Waals surface area (Å²) in [5.74, 6) is 0.500. The van der Waals surface area contributed by atoms with E-state index in [4.69, 9.17) is 5.26 Å². The molecular formula is C17H24N2. The van der Waals surface area contributed by atoms with E-state index >= 15 is 0 Å². The Labute approximate surface area is 117 Å². The lowest BCUT2D eigenvalue weighted by Gasteiger charge is -2.36. The molecular weight excluding hydrogens is 232 g/mol. The molecule has 0 radical (unpaired) electrons. The van der Waals surface area contributed by atoms with Crippen LogP contribution in [0.5, 0.6) is 0 Å². The average molecular weight is 256 g/mol. The van der Waals surface area contributed by atoms with Crippen molar-refractivity contribution in [2.24, 2.45) is 5.92 Å². The van der Waals surface area contributed by atoms with Crippen molar-refractivity contribution in [1.29, 1.82) is 5.26 Å². The zero-order valence-electron chi connectivity index (χ0n) is 12.7. The number of anilines is 1. The van der Waals surface area contributed by atoms with Crippen LogP contribution in [0.3, 0.4) is 0 Å². The van der Waals surface area contributed by atoms with Gasteiger partial charge in [0, 0.05) is 24.2 Å². The van der Waals surface area contributed by atoms with Crippen LogP contribution in [0.4, 0.5) is 5.69 Å². The second kappa shape index (κ2) is 4.89. The van der Waals surface area contributed by atoms with Gasteiger partial charge in [-0.3, -0.25) is 0 Å². The van der Waals surface area contributed by atoms with E-state index in [2.05, 4.69) is 57.7 Å². The van der Waals surface area contributed by atoms with Crippen LogP contribution in [0.15, 0.2) is 12.1 Å². The van der Waals surface area contributed by atoms with Crippen LogP contribution in [-0.2, 0) is 0 Å². The third-order valence-corrected chi connectivity index (χ3v) is 4.24. The van der Waals surface area contributed by atoms with Gasteiger partial charge in [0.1, 0.15) is 0 Å². The molecule has 1 unspecified atom stereocenters. The number of aryl methyl sites for hydroxylation is 3. The Hall–Kier alpha value is -1.49. The highest BCUT2D eigenvalue weighted by Gasteiger charge is 2.39. The highest BCUT2D eigenvalue weighted by Crippen LogP contribution is 2.41. The van der Waals surface area contributed by atoms with Crippen LogP contribution in [0.25, 0.3) is 0 Å². The summed E-state index contributed by atoms with van der Waals surface area (Å²) in [6.45, 7) is 12.1. The largest absolute Gasteiger partial charge is 0.366 e. The van der Waals surface area contributed by atoms with Gasteiger partial charge < -0.3 is 4.90 Å². The van der Waals surface area contributed by atoms with Gasteiger partial charge in [0.2, 0.25) is 0 Å². The minimum absolute atomic E-state index is 0.145. The van der Waals surface area contributed by atoms with E-state index in [1.54, 1.807) is 0 Å². The number of benzene rings is 1. The Morgan fingerprint density at radius 1 is 1.26 bits per heavy atom. The smallest absolute Gasteiger partial charge is 0.0625 e. The Morgan fingerprint density at radius 3 is 2.37 bits per heavy atom. The number of nitrogens with zero attached hydrogens (tertiary/aromatic N) is 2. The second-order valence-electron chi connectivity index (χ2n) is 6.60. The summed E-state index contributed by atoms with van der Waals surface area (Å²) in [7, 11) is 0. The van der Waals surface area contributed by atoms with Gasteiger partial charge in [0.15, 0.2) is 0 Å². The number of nitriles is 1. The Bertz CT molecular complexity index is 500. The monoisotopic (exact) mass is 256 g/mol. The Balaban J connectivity index is 2.39. The van der Waals surface area contributed by atoms with E-state index in [9.17, 15) is 0 Å². The van der Waals surface area contributed by atoms with Crippen molar-refractivity contribution in [1.82, 2.24) is 0 Å². The number of hydrogen-bond acceptors (Lipinski definition) is 2. The van der Waals surface area contributed by atoms with Gasteiger partial charge in [-0.2, -0.15) is 5.26 Å².